The van der Waals surface area contributed by atoms with Crippen molar-refractivity contribution in [3.8, 4) is 11.5 Å². The van der Waals surface area contributed by atoms with Crippen molar-refractivity contribution in [3.63, 3.8) is 0 Å². The summed E-state index contributed by atoms with van der Waals surface area (Å²) in [6, 6.07) is 5.05. The fourth-order valence-corrected chi connectivity index (χ4v) is 1.68. The van der Waals surface area contributed by atoms with E-state index in [1.807, 2.05) is 0 Å². The lowest BCUT2D eigenvalue weighted by Gasteiger charge is -2.09. The molecule has 0 saturated heterocycles. The van der Waals surface area contributed by atoms with Crippen LogP contribution in [0.3, 0.4) is 0 Å². The van der Waals surface area contributed by atoms with Gasteiger partial charge in [-0.25, -0.2) is 0 Å². The molecule has 6 nitrogen and oxygen atoms in total. The highest BCUT2D eigenvalue weighted by Gasteiger charge is 2.13. The smallest absolute Gasteiger partial charge is 0.275 e. The Hall–Kier alpha value is -2.21. The third kappa shape index (κ3) is 2.97. The molecule has 1 heterocycles. The van der Waals surface area contributed by atoms with E-state index in [-0.39, 0.29) is 10.7 Å². The molecule has 0 aliphatic heterocycles. The van der Waals surface area contributed by atoms with Crippen LogP contribution >= 0.6 is 11.6 Å². The van der Waals surface area contributed by atoms with Crippen LogP contribution in [0.4, 0.5) is 5.69 Å². The van der Waals surface area contributed by atoms with Gasteiger partial charge in [-0.15, -0.1) is 0 Å². The van der Waals surface area contributed by atoms with Crippen molar-refractivity contribution in [3.05, 3.63) is 35.1 Å². The number of aromatic amines is 1. The number of nitrogens with one attached hydrogen (secondary N) is 2. The molecule has 1 amide bonds. The quantitative estimate of drug-likeness (QED) is 0.902. The summed E-state index contributed by atoms with van der Waals surface area (Å²) in [6.07, 6.45) is 1.36. The lowest BCUT2D eigenvalue weighted by molar-refractivity contribution is 0.102. The molecule has 2 rings (SSSR count). The van der Waals surface area contributed by atoms with E-state index in [4.69, 9.17) is 21.1 Å². The van der Waals surface area contributed by atoms with Crippen LogP contribution in [0.25, 0.3) is 0 Å². The number of halogens is 1. The molecule has 19 heavy (non-hydrogen) atoms. The zero-order valence-corrected chi connectivity index (χ0v) is 11.1. The Morgan fingerprint density at radius 2 is 1.89 bits per heavy atom. The number of methoxy groups -OCH3 is 2. The summed E-state index contributed by atoms with van der Waals surface area (Å²) in [6.45, 7) is 0. The molecule has 0 saturated carbocycles. The Labute approximate surface area is 114 Å². The standard InChI is InChI=1S/C12H12ClN3O3/c1-18-8-3-7(4-9(5-8)19-2)15-12(17)11-10(13)6-14-16-11/h3-6H,1-2H3,(H,14,16)(H,15,17). The minimum atomic E-state index is -0.391. The van der Waals surface area contributed by atoms with Crippen molar-refractivity contribution in [2.75, 3.05) is 19.5 Å². The van der Waals surface area contributed by atoms with Crippen molar-refractivity contribution in [2.24, 2.45) is 0 Å². The molecule has 2 aromatic rings. The average Bonchev–Trinajstić information content (AvgIpc) is 2.84. The number of carbonyl (C=O) groups is 1. The molecular formula is C12H12ClN3O3. The summed E-state index contributed by atoms with van der Waals surface area (Å²) in [5.41, 5.74) is 0.732. The summed E-state index contributed by atoms with van der Waals surface area (Å²) in [4.78, 5) is 11.9. The van der Waals surface area contributed by atoms with E-state index in [1.54, 1.807) is 18.2 Å². The molecule has 0 aliphatic carbocycles. The van der Waals surface area contributed by atoms with E-state index in [2.05, 4.69) is 15.5 Å². The molecule has 100 valence electrons. The maximum Gasteiger partial charge on any atom is 0.275 e. The minimum Gasteiger partial charge on any atom is -0.497 e. The van der Waals surface area contributed by atoms with Gasteiger partial charge in [0.1, 0.15) is 17.2 Å². The predicted octanol–water partition coefficient (Wildman–Crippen LogP) is 2.33. The number of aromatic nitrogens is 2. The first kappa shape index (κ1) is 13.2. The second-order valence-corrected chi connectivity index (χ2v) is 4.06. The third-order valence-electron chi connectivity index (χ3n) is 2.43. The molecule has 1 aromatic heterocycles. The molecule has 0 bridgehead atoms. The van der Waals surface area contributed by atoms with Crippen molar-refractivity contribution in [1.29, 1.82) is 0 Å². The number of carbonyl (C=O) groups excluding carboxylic acids is 1. The summed E-state index contributed by atoms with van der Waals surface area (Å²) in [7, 11) is 3.07. The van der Waals surface area contributed by atoms with Gasteiger partial charge in [-0.05, 0) is 0 Å². The molecule has 7 heteroatoms. The van der Waals surface area contributed by atoms with Gasteiger partial charge in [0.25, 0.3) is 5.91 Å². The first-order valence-corrected chi connectivity index (χ1v) is 5.75. The van der Waals surface area contributed by atoms with E-state index in [0.29, 0.717) is 17.2 Å². The number of hydrogen-bond acceptors (Lipinski definition) is 4. The van der Waals surface area contributed by atoms with Crippen LogP contribution in [0.2, 0.25) is 5.02 Å². The number of hydrogen-bond donors (Lipinski definition) is 2. The monoisotopic (exact) mass is 281 g/mol. The summed E-state index contributed by atoms with van der Waals surface area (Å²) in [5.74, 6) is 0.758. The van der Waals surface area contributed by atoms with Crippen LogP contribution in [0.1, 0.15) is 10.5 Å². The SMILES string of the molecule is COc1cc(NC(=O)c2[nH]ncc2Cl)cc(OC)c1. The Bertz CT molecular complexity index is 575. The van der Waals surface area contributed by atoms with E-state index in [1.165, 1.54) is 20.4 Å². The van der Waals surface area contributed by atoms with Crippen molar-refractivity contribution >= 4 is 23.2 Å². The molecule has 2 N–H and O–H groups in total. The Kier molecular flexibility index (Phi) is 3.91. The Balaban J connectivity index is 2.23. The lowest BCUT2D eigenvalue weighted by Crippen LogP contribution is -2.13. The van der Waals surface area contributed by atoms with E-state index < -0.39 is 5.91 Å². The topological polar surface area (TPSA) is 76.2 Å². The van der Waals surface area contributed by atoms with Crippen LogP contribution < -0.4 is 14.8 Å². The maximum atomic E-state index is 11.9. The van der Waals surface area contributed by atoms with Gasteiger partial charge >= 0.3 is 0 Å². The first-order chi connectivity index (χ1) is 9.13. The lowest BCUT2D eigenvalue weighted by atomic mass is 10.2. The molecular weight excluding hydrogens is 270 g/mol. The van der Waals surface area contributed by atoms with E-state index in [0.717, 1.165) is 0 Å². The molecule has 0 spiro atoms. The summed E-state index contributed by atoms with van der Waals surface area (Å²) < 4.78 is 10.2. The zero-order valence-electron chi connectivity index (χ0n) is 10.4. The molecule has 0 radical (unpaired) electrons. The van der Waals surface area contributed by atoms with Crippen LogP contribution in [0, 0.1) is 0 Å². The highest BCUT2D eigenvalue weighted by molar-refractivity contribution is 6.34. The van der Waals surface area contributed by atoms with Gasteiger partial charge < -0.3 is 14.8 Å². The zero-order chi connectivity index (χ0) is 13.8. The maximum absolute atomic E-state index is 11.9. The van der Waals surface area contributed by atoms with Crippen LogP contribution in [0.15, 0.2) is 24.4 Å². The van der Waals surface area contributed by atoms with Gasteiger partial charge in [0.2, 0.25) is 0 Å². The largest absolute Gasteiger partial charge is 0.497 e. The van der Waals surface area contributed by atoms with Crippen molar-refractivity contribution < 1.29 is 14.3 Å². The molecule has 0 fully saturated rings. The molecule has 0 aliphatic rings. The van der Waals surface area contributed by atoms with Gasteiger partial charge in [0.15, 0.2) is 0 Å². The average molecular weight is 282 g/mol. The van der Waals surface area contributed by atoms with Gasteiger partial charge in [-0.2, -0.15) is 5.10 Å². The third-order valence-corrected chi connectivity index (χ3v) is 2.72. The number of rotatable bonds is 4. The normalized spacial score (nSPS) is 10.1. The van der Waals surface area contributed by atoms with E-state index >= 15 is 0 Å². The second kappa shape index (κ2) is 5.62. The van der Waals surface area contributed by atoms with Crippen molar-refractivity contribution in [1.82, 2.24) is 10.2 Å². The number of nitrogens with zero attached hydrogens (tertiary/aromatic N) is 1. The fraction of sp³-hybridized carbons (Fsp3) is 0.167. The predicted molar refractivity (Wildman–Crippen MR) is 71.1 cm³/mol. The highest BCUT2D eigenvalue weighted by atomic mass is 35.5. The number of ether oxygens (including phenoxy) is 2. The summed E-state index contributed by atoms with van der Waals surface area (Å²) >= 11 is 5.81. The first-order valence-electron chi connectivity index (χ1n) is 5.37. The second-order valence-electron chi connectivity index (χ2n) is 3.65. The molecule has 0 unspecified atom stereocenters. The van der Waals surface area contributed by atoms with E-state index in [9.17, 15) is 4.79 Å². The van der Waals surface area contributed by atoms with Crippen LogP contribution in [-0.4, -0.2) is 30.3 Å². The molecule has 0 atom stereocenters. The number of H-pyrrole nitrogens is 1. The minimum absolute atomic E-state index is 0.198. The Morgan fingerprint density at radius 3 is 2.37 bits per heavy atom. The van der Waals surface area contributed by atoms with Crippen LogP contribution in [-0.2, 0) is 0 Å². The number of benzene rings is 1. The summed E-state index contributed by atoms with van der Waals surface area (Å²) in [5, 5.41) is 9.15. The van der Waals surface area contributed by atoms with Gasteiger partial charge in [0.05, 0.1) is 25.4 Å². The number of anilines is 1. The Morgan fingerprint density at radius 1 is 1.26 bits per heavy atom. The van der Waals surface area contributed by atoms with Gasteiger partial charge in [-0.1, -0.05) is 11.6 Å². The molecule has 1 aromatic carbocycles. The highest BCUT2D eigenvalue weighted by Crippen LogP contribution is 2.26. The van der Waals surface area contributed by atoms with Crippen LogP contribution in [0.5, 0.6) is 11.5 Å². The number of amides is 1. The van der Waals surface area contributed by atoms with Gasteiger partial charge in [0, 0.05) is 23.9 Å². The fourth-order valence-electron chi connectivity index (χ4n) is 1.50. The van der Waals surface area contributed by atoms with Crippen molar-refractivity contribution in [2.45, 2.75) is 0 Å². The van der Waals surface area contributed by atoms with Gasteiger partial charge in [-0.3, -0.25) is 9.89 Å².